The van der Waals surface area contributed by atoms with E-state index in [1.165, 1.54) is 13.4 Å². The first-order valence-corrected chi connectivity index (χ1v) is 11.4. The molecule has 5 aromatic rings. The summed E-state index contributed by atoms with van der Waals surface area (Å²) in [6.45, 7) is 0. The van der Waals surface area contributed by atoms with Crippen LogP contribution < -0.4 is 24.3 Å². The Bertz CT molecular complexity index is 1530. The third-order valence-electron chi connectivity index (χ3n) is 6.00. The molecule has 0 unspecified atom stereocenters. The zero-order valence-electron chi connectivity index (χ0n) is 20.8. The van der Waals surface area contributed by atoms with E-state index in [4.69, 9.17) is 27.8 Å². The highest BCUT2D eigenvalue weighted by molar-refractivity contribution is 6.18. The van der Waals surface area contributed by atoms with E-state index in [0.717, 1.165) is 11.1 Å². The Morgan fingerprint density at radius 2 is 1.38 bits per heavy atom. The van der Waals surface area contributed by atoms with Gasteiger partial charge in [-0.3, -0.25) is 10.1 Å². The van der Waals surface area contributed by atoms with Gasteiger partial charge < -0.3 is 27.8 Å². The third kappa shape index (κ3) is 4.56. The molecule has 3 aromatic carbocycles. The van der Waals surface area contributed by atoms with Crippen LogP contribution in [0.1, 0.15) is 10.4 Å². The second-order valence-corrected chi connectivity index (χ2v) is 8.12. The molecule has 0 radical (unpaired) electrons. The van der Waals surface area contributed by atoms with Gasteiger partial charge in [0.1, 0.15) is 34.3 Å². The summed E-state index contributed by atoms with van der Waals surface area (Å²) in [6, 6.07) is 19.8. The molecule has 0 bridgehead atoms. The normalized spacial score (nSPS) is 10.8. The van der Waals surface area contributed by atoms with Crippen molar-refractivity contribution in [2.45, 2.75) is 0 Å². The molecule has 0 fully saturated rings. The van der Waals surface area contributed by atoms with Crippen LogP contribution in [0.15, 0.2) is 81.8 Å². The van der Waals surface area contributed by atoms with Gasteiger partial charge in [-0.25, -0.2) is 0 Å². The Hall–Kier alpha value is -4.85. The van der Waals surface area contributed by atoms with E-state index in [2.05, 4.69) is 5.32 Å². The minimum Gasteiger partial charge on any atom is -0.497 e. The summed E-state index contributed by atoms with van der Waals surface area (Å²) >= 11 is 0. The Morgan fingerprint density at radius 1 is 0.730 bits per heavy atom. The summed E-state index contributed by atoms with van der Waals surface area (Å²) < 4.78 is 33.6. The quantitative estimate of drug-likeness (QED) is 0.256. The minimum absolute atomic E-state index is 0.324. The Balaban J connectivity index is 1.82. The first-order valence-electron chi connectivity index (χ1n) is 11.4. The van der Waals surface area contributed by atoms with Crippen molar-refractivity contribution in [3.8, 4) is 45.4 Å². The van der Waals surface area contributed by atoms with Crippen LogP contribution in [-0.2, 0) is 0 Å². The number of methoxy groups -OCH3 is 4. The highest BCUT2D eigenvalue weighted by Gasteiger charge is 2.25. The molecule has 5 rings (SSSR count). The lowest BCUT2D eigenvalue weighted by Crippen LogP contribution is -2.12. The smallest absolute Gasteiger partial charge is 0.258 e. The van der Waals surface area contributed by atoms with E-state index in [0.29, 0.717) is 56.7 Å². The van der Waals surface area contributed by atoms with Gasteiger partial charge in [-0.1, -0.05) is 0 Å². The number of nitrogens with one attached hydrogen (secondary N) is 1. The minimum atomic E-state index is -0.378. The van der Waals surface area contributed by atoms with Crippen molar-refractivity contribution >= 4 is 22.8 Å². The van der Waals surface area contributed by atoms with Crippen LogP contribution in [0.4, 0.5) is 5.88 Å². The molecule has 0 aliphatic heterocycles. The van der Waals surface area contributed by atoms with Gasteiger partial charge in [0.25, 0.3) is 5.91 Å². The summed E-state index contributed by atoms with van der Waals surface area (Å²) in [4.78, 5) is 13.5. The number of anilines is 1. The van der Waals surface area contributed by atoms with Crippen molar-refractivity contribution in [2.24, 2.45) is 0 Å². The highest BCUT2D eigenvalue weighted by Crippen LogP contribution is 2.45. The van der Waals surface area contributed by atoms with Crippen LogP contribution in [-0.4, -0.2) is 34.3 Å². The van der Waals surface area contributed by atoms with Gasteiger partial charge >= 0.3 is 0 Å². The van der Waals surface area contributed by atoms with Crippen LogP contribution in [0.5, 0.6) is 23.0 Å². The first-order chi connectivity index (χ1) is 18.0. The predicted molar refractivity (Wildman–Crippen MR) is 140 cm³/mol. The van der Waals surface area contributed by atoms with E-state index >= 15 is 0 Å². The molecule has 1 N–H and O–H groups in total. The molecule has 0 atom stereocenters. The van der Waals surface area contributed by atoms with Crippen LogP contribution in [0, 0.1) is 0 Å². The largest absolute Gasteiger partial charge is 0.497 e. The summed E-state index contributed by atoms with van der Waals surface area (Å²) in [7, 11) is 6.32. The van der Waals surface area contributed by atoms with E-state index < -0.39 is 0 Å². The molecule has 8 heteroatoms. The lowest BCUT2D eigenvalue weighted by Gasteiger charge is -2.12. The first kappa shape index (κ1) is 23.9. The summed E-state index contributed by atoms with van der Waals surface area (Å²) in [5, 5.41) is 3.40. The van der Waals surface area contributed by atoms with Crippen molar-refractivity contribution in [1.29, 1.82) is 0 Å². The van der Waals surface area contributed by atoms with Crippen LogP contribution in [0.2, 0.25) is 0 Å². The fourth-order valence-electron chi connectivity index (χ4n) is 4.20. The summed E-state index contributed by atoms with van der Waals surface area (Å²) in [6.07, 6.45) is 1.49. The fourth-order valence-corrected chi connectivity index (χ4v) is 4.20. The van der Waals surface area contributed by atoms with Crippen molar-refractivity contribution in [3.63, 3.8) is 0 Å². The molecule has 2 heterocycles. The summed E-state index contributed by atoms with van der Waals surface area (Å²) in [5.41, 5.74) is 3.07. The zero-order chi connectivity index (χ0) is 25.9. The molecule has 0 aliphatic carbocycles. The van der Waals surface area contributed by atoms with Gasteiger partial charge in [0, 0.05) is 34.7 Å². The SMILES string of the molecule is COc1ccc(-c2oc3cc(OC)cc(C(=O)Nc4ccco4)c3c2-c2cc(OC)cc(OC)c2)cc1. The molecular formula is C29H25NO7. The number of ether oxygens (including phenoxy) is 4. The summed E-state index contributed by atoms with van der Waals surface area (Å²) in [5.74, 6) is 2.89. The third-order valence-corrected chi connectivity index (χ3v) is 6.00. The number of fused-ring (bicyclic) bond motifs is 1. The number of hydrogen-bond donors (Lipinski definition) is 1. The highest BCUT2D eigenvalue weighted by atomic mass is 16.5. The van der Waals surface area contributed by atoms with E-state index in [1.54, 1.807) is 51.7 Å². The molecule has 37 heavy (non-hydrogen) atoms. The second kappa shape index (κ2) is 10.0. The molecule has 1 amide bonds. The molecule has 0 aliphatic rings. The fraction of sp³-hybridized carbons (Fsp3) is 0.138. The Morgan fingerprint density at radius 3 is 1.97 bits per heavy atom. The maximum Gasteiger partial charge on any atom is 0.258 e. The van der Waals surface area contributed by atoms with Crippen molar-refractivity contribution in [1.82, 2.24) is 0 Å². The number of furan rings is 2. The molecule has 8 nitrogen and oxygen atoms in total. The molecule has 0 saturated heterocycles. The number of hydrogen-bond acceptors (Lipinski definition) is 7. The van der Waals surface area contributed by atoms with Crippen molar-refractivity contribution in [2.75, 3.05) is 33.8 Å². The van der Waals surface area contributed by atoms with E-state index in [-0.39, 0.29) is 5.91 Å². The Labute approximate surface area is 213 Å². The number of carbonyl (C=O) groups excluding carboxylic acids is 1. The van der Waals surface area contributed by atoms with Gasteiger partial charge in [-0.2, -0.15) is 0 Å². The number of amides is 1. The van der Waals surface area contributed by atoms with Gasteiger partial charge in [-0.15, -0.1) is 0 Å². The van der Waals surface area contributed by atoms with Crippen LogP contribution in [0.25, 0.3) is 33.4 Å². The molecule has 0 saturated carbocycles. The van der Waals surface area contributed by atoms with Crippen molar-refractivity contribution < 1.29 is 32.6 Å². The molecule has 0 spiro atoms. The van der Waals surface area contributed by atoms with E-state index in [9.17, 15) is 4.79 Å². The lowest BCUT2D eigenvalue weighted by atomic mass is 9.95. The van der Waals surface area contributed by atoms with Gasteiger partial charge in [0.2, 0.25) is 0 Å². The second-order valence-electron chi connectivity index (χ2n) is 8.12. The van der Waals surface area contributed by atoms with Crippen LogP contribution >= 0.6 is 0 Å². The van der Waals surface area contributed by atoms with Gasteiger partial charge in [-0.05, 0) is 54.1 Å². The Kier molecular flexibility index (Phi) is 6.47. The lowest BCUT2D eigenvalue weighted by molar-refractivity contribution is 0.102. The maximum atomic E-state index is 13.5. The number of carbonyl (C=O) groups is 1. The van der Waals surface area contributed by atoms with Gasteiger partial charge in [0.05, 0.1) is 40.3 Å². The topological polar surface area (TPSA) is 92.3 Å². The maximum absolute atomic E-state index is 13.5. The predicted octanol–water partition coefficient (Wildman–Crippen LogP) is 6.65. The number of rotatable bonds is 8. The average Bonchev–Trinajstić information content (AvgIpc) is 3.59. The van der Waals surface area contributed by atoms with Crippen LogP contribution in [0.3, 0.4) is 0 Å². The van der Waals surface area contributed by atoms with E-state index in [1.807, 2.05) is 36.4 Å². The van der Waals surface area contributed by atoms with Crippen molar-refractivity contribution in [3.05, 3.63) is 78.6 Å². The zero-order valence-corrected chi connectivity index (χ0v) is 20.8. The molecule has 2 aromatic heterocycles. The number of benzene rings is 3. The molecule has 188 valence electrons. The standard InChI is InChI=1S/C29H25NO7/c1-32-19-9-7-17(8-10-19)28-26(18-12-20(33-2)14-21(13-18)34-3)27-23(15-22(35-4)16-24(27)37-28)29(31)30-25-6-5-11-36-25/h5-16H,1-4H3,(H,30,31). The average molecular weight is 500 g/mol. The molecular weight excluding hydrogens is 474 g/mol. The van der Waals surface area contributed by atoms with Gasteiger partial charge in [0.15, 0.2) is 5.88 Å². The monoisotopic (exact) mass is 499 g/mol.